The van der Waals surface area contributed by atoms with E-state index in [1.807, 2.05) is 6.92 Å². The molecule has 2 aromatic heterocycles. The molecule has 0 bridgehead atoms. The van der Waals surface area contributed by atoms with Gasteiger partial charge in [-0.1, -0.05) is 0 Å². The minimum absolute atomic E-state index is 0.108. The first-order valence-electron chi connectivity index (χ1n) is 6.03. The van der Waals surface area contributed by atoms with E-state index in [-0.39, 0.29) is 4.90 Å². The summed E-state index contributed by atoms with van der Waals surface area (Å²) in [5.74, 6) is 0.608. The average molecular weight is 292 g/mol. The maximum atomic E-state index is 12.2. The van der Waals surface area contributed by atoms with E-state index in [1.165, 1.54) is 12.3 Å². The number of hydrogen-bond acceptors (Lipinski definition) is 5. The molecule has 7 heteroatoms. The van der Waals surface area contributed by atoms with Crippen LogP contribution in [0, 0.1) is 13.8 Å². The standard InChI is InChI=1S/C13H16N4O2S/c1-9-4-6-12(10(2)16-9)17-20(18,19)11-5-7-13(14-3)15-8-11/h4-8,17H,1-3H3,(H,14,15). The van der Waals surface area contributed by atoms with Gasteiger partial charge in [0.2, 0.25) is 0 Å². The fourth-order valence-corrected chi connectivity index (χ4v) is 2.75. The average Bonchev–Trinajstić information content (AvgIpc) is 2.42. The van der Waals surface area contributed by atoms with Gasteiger partial charge in [-0.2, -0.15) is 0 Å². The zero-order valence-electron chi connectivity index (χ0n) is 11.5. The highest BCUT2D eigenvalue weighted by Crippen LogP contribution is 2.18. The smallest absolute Gasteiger partial charge is 0.263 e. The van der Waals surface area contributed by atoms with Crippen LogP contribution >= 0.6 is 0 Å². The first kappa shape index (κ1) is 14.3. The van der Waals surface area contributed by atoms with E-state index in [1.54, 1.807) is 32.2 Å². The fraction of sp³-hybridized carbons (Fsp3) is 0.231. The van der Waals surface area contributed by atoms with Crippen molar-refractivity contribution in [1.29, 1.82) is 0 Å². The van der Waals surface area contributed by atoms with Gasteiger partial charge < -0.3 is 5.32 Å². The van der Waals surface area contributed by atoms with E-state index in [0.717, 1.165) is 5.69 Å². The SMILES string of the molecule is CNc1ccc(S(=O)(=O)Nc2ccc(C)nc2C)cn1. The lowest BCUT2D eigenvalue weighted by molar-refractivity contribution is 0.600. The molecule has 0 radical (unpaired) electrons. The van der Waals surface area contributed by atoms with Crippen LogP contribution in [0.2, 0.25) is 0 Å². The monoisotopic (exact) mass is 292 g/mol. The molecule has 0 aliphatic heterocycles. The summed E-state index contributed by atoms with van der Waals surface area (Å²) >= 11 is 0. The summed E-state index contributed by atoms with van der Waals surface area (Å²) in [5.41, 5.74) is 1.94. The predicted octanol–water partition coefficient (Wildman–Crippen LogP) is 1.94. The summed E-state index contributed by atoms with van der Waals surface area (Å²) in [7, 11) is -1.94. The summed E-state index contributed by atoms with van der Waals surface area (Å²) in [6.45, 7) is 3.61. The fourth-order valence-electron chi connectivity index (χ4n) is 1.69. The molecule has 2 rings (SSSR count). The highest BCUT2D eigenvalue weighted by atomic mass is 32.2. The minimum atomic E-state index is -3.65. The normalized spacial score (nSPS) is 11.2. The van der Waals surface area contributed by atoms with E-state index >= 15 is 0 Å². The number of sulfonamides is 1. The Bertz CT molecular complexity index is 712. The summed E-state index contributed by atoms with van der Waals surface area (Å²) < 4.78 is 27.0. The number of aryl methyl sites for hydroxylation is 2. The van der Waals surface area contributed by atoms with Crippen molar-refractivity contribution >= 4 is 21.5 Å². The first-order valence-corrected chi connectivity index (χ1v) is 7.51. The van der Waals surface area contributed by atoms with Crippen LogP contribution in [0.3, 0.4) is 0 Å². The van der Waals surface area contributed by atoms with Crippen LogP contribution in [-0.4, -0.2) is 25.4 Å². The molecule has 0 saturated carbocycles. The van der Waals surface area contributed by atoms with Crippen LogP contribution in [0.1, 0.15) is 11.4 Å². The molecule has 0 amide bonds. The highest BCUT2D eigenvalue weighted by molar-refractivity contribution is 7.92. The molecule has 6 nitrogen and oxygen atoms in total. The molecule has 0 atom stereocenters. The van der Waals surface area contributed by atoms with E-state index in [2.05, 4.69) is 20.0 Å². The molecule has 20 heavy (non-hydrogen) atoms. The molecule has 0 aromatic carbocycles. The van der Waals surface area contributed by atoms with E-state index in [4.69, 9.17) is 0 Å². The van der Waals surface area contributed by atoms with Gasteiger partial charge in [0, 0.05) is 18.9 Å². The van der Waals surface area contributed by atoms with Crippen molar-refractivity contribution in [2.45, 2.75) is 18.7 Å². The molecule has 0 saturated heterocycles. The van der Waals surface area contributed by atoms with Gasteiger partial charge in [-0.25, -0.2) is 13.4 Å². The van der Waals surface area contributed by atoms with Gasteiger partial charge in [-0.15, -0.1) is 0 Å². The Morgan fingerprint density at radius 3 is 2.40 bits per heavy atom. The van der Waals surface area contributed by atoms with Crippen molar-refractivity contribution in [2.24, 2.45) is 0 Å². The van der Waals surface area contributed by atoms with Gasteiger partial charge >= 0.3 is 0 Å². The quantitative estimate of drug-likeness (QED) is 0.899. The van der Waals surface area contributed by atoms with Gasteiger partial charge in [0.25, 0.3) is 10.0 Å². The van der Waals surface area contributed by atoms with Crippen molar-refractivity contribution in [3.8, 4) is 0 Å². The summed E-state index contributed by atoms with van der Waals surface area (Å²) in [6.07, 6.45) is 1.31. The molecular formula is C13H16N4O2S. The van der Waals surface area contributed by atoms with Crippen LogP contribution in [0.25, 0.3) is 0 Å². The summed E-state index contributed by atoms with van der Waals surface area (Å²) in [4.78, 5) is 8.33. The third kappa shape index (κ3) is 3.05. The number of rotatable bonds is 4. The second-order valence-corrected chi connectivity index (χ2v) is 6.00. The molecule has 0 aliphatic carbocycles. The second-order valence-electron chi connectivity index (χ2n) is 4.32. The van der Waals surface area contributed by atoms with E-state index < -0.39 is 10.0 Å². The predicted molar refractivity (Wildman–Crippen MR) is 78.3 cm³/mol. The molecule has 0 fully saturated rings. The number of pyridine rings is 2. The maximum absolute atomic E-state index is 12.2. The van der Waals surface area contributed by atoms with Gasteiger partial charge in [-0.05, 0) is 38.1 Å². The number of nitrogens with zero attached hydrogens (tertiary/aromatic N) is 2. The largest absolute Gasteiger partial charge is 0.373 e. The Morgan fingerprint density at radius 1 is 1.10 bits per heavy atom. The number of anilines is 2. The van der Waals surface area contributed by atoms with Crippen LogP contribution in [0.4, 0.5) is 11.5 Å². The number of nitrogens with one attached hydrogen (secondary N) is 2. The Hall–Kier alpha value is -2.15. The van der Waals surface area contributed by atoms with Crippen molar-refractivity contribution < 1.29 is 8.42 Å². The van der Waals surface area contributed by atoms with E-state index in [9.17, 15) is 8.42 Å². The molecule has 0 unspecified atom stereocenters. The highest BCUT2D eigenvalue weighted by Gasteiger charge is 2.16. The lowest BCUT2D eigenvalue weighted by atomic mass is 10.3. The lowest BCUT2D eigenvalue weighted by Gasteiger charge is -2.10. The molecule has 106 valence electrons. The molecule has 0 spiro atoms. The van der Waals surface area contributed by atoms with Crippen LogP contribution in [-0.2, 0) is 10.0 Å². The molecule has 0 aliphatic rings. The topological polar surface area (TPSA) is 84.0 Å². The Kier molecular flexibility index (Phi) is 3.89. The van der Waals surface area contributed by atoms with Crippen molar-refractivity contribution in [2.75, 3.05) is 17.1 Å². The summed E-state index contributed by atoms with van der Waals surface area (Å²) in [5, 5.41) is 2.83. The van der Waals surface area contributed by atoms with Crippen molar-refractivity contribution in [1.82, 2.24) is 9.97 Å². The van der Waals surface area contributed by atoms with Gasteiger partial charge in [0.05, 0.1) is 11.4 Å². The Balaban J connectivity index is 2.30. The Morgan fingerprint density at radius 2 is 1.85 bits per heavy atom. The van der Waals surface area contributed by atoms with Crippen LogP contribution < -0.4 is 10.0 Å². The van der Waals surface area contributed by atoms with Crippen LogP contribution in [0.5, 0.6) is 0 Å². The molecule has 2 N–H and O–H groups in total. The maximum Gasteiger partial charge on any atom is 0.263 e. The summed E-state index contributed by atoms with van der Waals surface area (Å²) in [6, 6.07) is 6.56. The van der Waals surface area contributed by atoms with Gasteiger partial charge in [0.15, 0.2) is 0 Å². The molecule has 2 heterocycles. The van der Waals surface area contributed by atoms with Crippen molar-refractivity contribution in [3.05, 3.63) is 41.9 Å². The van der Waals surface area contributed by atoms with Crippen LogP contribution in [0.15, 0.2) is 35.4 Å². The molecule has 2 aromatic rings. The number of aromatic nitrogens is 2. The first-order chi connectivity index (χ1) is 9.42. The third-order valence-corrected chi connectivity index (χ3v) is 4.12. The molecular weight excluding hydrogens is 276 g/mol. The van der Waals surface area contributed by atoms with Crippen molar-refractivity contribution in [3.63, 3.8) is 0 Å². The third-order valence-electron chi connectivity index (χ3n) is 2.77. The van der Waals surface area contributed by atoms with Gasteiger partial charge in [-0.3, -0.25) is 9.71 Å². The van der Waals surface area contributed by atoms with E-state index in [0.29, 0.717) is 17.2 Å². The lowest BCUT2D eigenvalue weighted by Crippen LogP contribution is -2.14. The minimum Gasteiger partial charge on any atom is -0.373 e. The number of hydrogen-bond donors (Lipinski definition) is 2. The zero-order valence-corrected chi connectivity index (χ0v) is 12.3. The Labute approximate surface area is 118 Å². The zero-order chi connectivity index (χ0) is 14.8. The van der Waals surface area contributed by atoms with Gasteiger partial charge in [0.1, 0.15) is 10.7 Å². The second kappa shape index (κ2) is 5.46.